The minimum absolute atomic E-state index is 0.101. The van der Waals surface area contributed by atoms with Crippen molar-refractivity contribution in [2.75, 3.05) is 5.32 Å². The number of nitrogens with two attached hydrogens (primary N) is 1. The fourth-order valence-electron chi connectivity index (χ4n) is 3.17. The van der Waals surface area contributed by atoms with Crippen LogP contribution in [-0.4, -0.2) is 18.2 Å². The number of hydrogen-bond donors (Lipinski definition) is 2. The molecule has 10 heteroatoms. The van der Waals surface area contributed by atoms with Crippen molar-refractivity contribution in [3.05, 3.63) is 76.6 Å². The number of aryl methyl sites for hydroxylation is 1. The van der Waals surface area contributed by atoms with E-state index in [0.29, 0.717) is 18.3 Å². The number of halogens is 3. The lowest BCUT2D eigenvalue weighted by Crippen LogP contribution is -2.16. The molecule has 6 nitrogen and oxygen atoms in total. The van der Waals surface area contributed by atoms with Crippen LogP contribution in [-0.2, 0) is 29.3 Å². The van der Waals surface area contributed by atoms with Gasteiger partial charge in [-0.2, -0.15) is 18.3 Å². The molecule has 0 unspecified atom stereocenters. The number of primary sulfonamides is 1. The van der Waals surface area contributed by atoms with Gasteiger partial charge in [0, 0.05) is 23.5 Å². The molecule has 0 fully saturated rings. The number of sulfonamides is 1. The van der Waals surface area contributed by atoms with E-state index in [1.807, 2.05) is 37.3 Å². The van der Waals surface area contributed by atoms with Crippen molar-refractivity contribution in [1.29, 1.82) is 0 Å². The van der Waals surface area contributed by atoms with Gasteiger partial charge < -0.3 is 5.32 Å². The summed E-state index contributed by atoms with van der Waals surface area (Å²) in [6.45, 7) is 4.30. The first-order valence-corrected chi connectivity index (χ1v) is 10.6. The van der Waals surface area contributed by atoms with Crippen molar-refractivity contribution in [3.8, 4) is 0 Å². The summed E-state index contributed by atoms with van der Waals surface area (Å²) in [5.74, 6) is 0. The first kappa shape index (κ1) is 21.8. The molecule has 1 aromatic heterocycles. The molecule has 3 aromatic rings. The molecule has 0 bridgehead atoms. The summed E-state index contributed by atoms with van der Waals surface area (Å²) in [7, 11) is -4.25. The van der Waals surface area contributed by atoms with Gasteiger partial charge in [0.1, 0.15) is 0 Å². The SMILES string of the molecule is Cc1nn(Cc2ccccc2)c(C)c1CNc1ccc(S(N)(=O)=O)cc1C(F)(F)F. The summed E-state index contributed by atoms with van der Waals surface area (Å²) in [4.78, 5) is -0.594. The molecule has 0 aliphatic heterocycles. The minimum atomic E-state index is -4.75. The smallest absolute Gasteiger partial charge is 0.380 e. The minimum Gasteiger partial charge on any atom is -0.380 e. The molecule has 0 amide bonds. The molecule has 0 saturated carbocycles. The van der Waals surface area contributed by atoms with E-state index in [-0.39, 0.29) is 12.2 Å². The molecule has 0 aliphatic carbocycles. The molecular weight excluding hydrogens is 417 g/mol. The van der Waals surface area contributed by atoms with Crippen LogP contribution in [0.3, 0.4) is 0 Å². The average Bonchev–Trinajstić information content (AvgIpc) is 2.92. The number of aromatic nitrogens is 2. The average molecular weight is 438 g/mol. The van der Waals surface area contributed by atoms with Crippen LogP contribution >= 0.6 is 0 Å². The molecule has 30 heavy (non-hydrogen) atoms. The van der Waals surface area contributed by atoms with E-state index in [4.69, 9.17) is 5.14 Å². The molecule has 3 N–H and O–H groups in total. The zero-order chi connectivity index (χ0) is 22.1. The molecule has 2 aromatic carbocycles. The van der Waals surface area contributed by atoms with E-state index in [0.717, 1.165) is 29.0 Å². The highest BCUT2D eigenvalue weighted by Gasteiger charge is 2.34. The third kappa shape index (κ3) is 4.82. The van der Waals surface area contributed by atoms with Crippen molar-refractivity contribution in [2.45, 2.75) is 38.0 Å². The Morgan fingerprint density at radius 3 is 2.37 bits per heavy atom. The second kappa shape index (κ2) is 8.11. The summed E-state index contributed by atoms with van der Waals surface area (Å²) in [5.41, 5.74) is 2.03. The van der Waals surface area contributed by atoms with Crippen molar-refractivity contribution >= 4 is 15.7 Å². The quantitative estimate of drug-likeness (QED) is 0.612. The summed E-state index contributed by atoms with van der Waals surface area (Å²) >= 11 is 0. The van der Waals surface area contributed by atoms with E-state index >= 15 is 0 Å². The molecule has 3 rings (SSSR count). The molecular formula is C20H21F3N4O2S. The number of nitrogens with one attached hydrogen (secondary N) is 1. The number of benzene rings is 2. The van der Waals surface area contributed by atoms with Gasteiger partial charge in [-0.15, -0.1) is 0 Å². The highest BCUT2D eigenvalue weighted by Crippen LogP contribution is 2.36. The predicted molar refractivity (Wildman–Crippen MR) is 107 cm³/mol. The number of anilines is 1. The van der Waals surface area contributed by atoms with Crippen molar-refractivity contribution < 1.29 is 21.6 Å². The van der Waals surface area contributed by atoms with Gasteiger partial charge in [-0.05, 0) is 37.6 Å². The maximum Gasteiger partial charge on any atom is 0.418 e. The summed E-state index contributed by atoms with van der Waals surface area (Å²) in [6.07, 6.45) is -4.75. The van der Waals surface area contributed by atoms with E-state index in [2.05, 4.69) is 10.4 Å². The van der Waals surface area contributed by atoms with E-state index in [9.17, 15) is 21.6 Å². The first-order chi connectivity index (χ1) is 14.0. The largest absolute Gasteiger partial charge is 0.418 e. The lowest BCUT2D eigenvalue weighted by Gasteiger charge is -2.16. The van der Waals surface area contributed by atoms with Gasteiger partial charge in [0.2, 0.25) is 10.0 Å². The van der Waals surface area contributed by atoms with Gasteiger partial charge in [0.05, 0.1) is 22.7 Å². The lowest BCUT2D eigenvalue weighted by molar-refractivity contribution is -0.137. The normalized spacial score (nSPS) is 12.2. The van der Waals surface area contributed by atoms with Gasteiger partial charge in [0.25, 0.3) is 0 Å². The van der Waals surface area contributed by atoms with Crippen LogP contribution in [0.25, 0.3) is 0 Å². The monoisotopic (exact) mass is 438 g/mol. The lowest BCUT2D eigenvalue weighted by atomic mass is 10.1. The Morgan fingerprint density at radius 1 is 1.10 bits per heavy atom. The highest BCUT2D eigenvalue weighted by atomic mass is 32.2. The fourth-order valence-corrected chi connectivity index (χ4v) is 3.71. The zero-order valence-electron chi connectivity index (χ0n) is 16.4. The maximum atomic E-state index is 13.5. The van der Waals surface area contributed by atoms with Crippen LogP contribution in [0.5, 0.6) is 0 Å². The van der Waals surface area contributed by atoms with E-state index in [1.54, 1.807) is 11.6 Å². The summed E-state index contributed by atoms with van der Waals surface area (Å²) < 4.78 is 65.0. The Balaban J connectivity index is 1.87. The Hall–Kier alpha value is -2.85. The van der Waals surface area contributed by atoms with Crippen LogP contribution < -0.4 is 10.5 Å². The summed E-state index contributed by atoms with van der Waals surface area (Å²) in [5, 5.41) is 12.2. The molecule has 1 heterocycles. The molecule has 0 aliphatic rings. The third-order valence-corrected chi connectivity index (χ3v) is 5.70. The fraction of sp³-hybridized carbons (Fsp3) is 0.250. The zero-order valence-corrected chi connectivity index (χ0v) is 17.2. The predicted octanol–water partition coefficient (Wildman–Crippen LogP) is 3.83. The van der Waals surface area contributed by atoms with Gasteiger partial charge in [-0.3, -0.25) is 4.68 Å². The summed E-state index contributed by atoms with van der Waals surface area (Å²) in [6, 6.07) is 12.4. The second-order valence-electron chi connectivity index (χ2n) is 6.90. The molecule has 160 valence electrons. The highest BCUT2D eigenvalue weighted by molar-refractivity contribution is 7.89. The second-order valence-corrected chi connectivity index (χ2v) is 8.46. The Bertz CT molecular complexity index is 1160. The Labute approximate surface area is 172 Å². The van der Waals surface area contributed by atoms with Crippen LogP contribution in [0.15, 0.2) is 53.4 Å². The number of hydrogen-bond acceptors (Lipinski definition) is 4. The van der Waals surface area contributed by atoms with Crippen molar-refractivity contribution in [1.82, 2.24) is 9.78 Å². The molecule has 0 saturated heterocycles. The first-order valence-electron chi connectivity index (χ1n) is 9.01. The van der Waals surface area contributed by atoms with Crippen molar-refractivity contribution in [2.24, 2.45) is 5.14 Å². The van der Waals surface area contributed by atoms with Crippen molar-refractivity contribution in [3.63, 3.8) is 0 Å². The van der Waals surface area contributed by atoms with Gasteiger partial charge in [0.15, 0.2) is 0 Å². The molecule has 0 spiro atoms. The molecule has 0 atom stereocenters. The van der Waals surface area contributed by atoms with Crippen LogP contribution in [0.1, 0.15) is 28.1 Å². The van der Waals surface area contributed by atoms with Gasteiger partial charge in [-0.1, -0.05) is 30.3 Å². The Morgan fingerprint density at radius 2 is 1.77 bits per heavy atom. The van der Waals surface area contributed by atoms with Gasteiger partial charge in [-0.25, -0.2) is 13.6 Å². The van der Waals surface area contributed by atoms with Gasteiger partial charge >= 0.3 is 6.18 Å². The number of rotatable bonds is 6. The molecule has 0 radical (unpaired) electrons. The van der Waals surface area contributed by atoms with Crippen LogP contribution in [0.2, 0.25) is 0 Å². The van der Waals surface area contributed by atoms with E-state index < -0.39 is 26.7 Å². The standard InChI is InChI=1S/C20H21F3N4O2S/c1-13-17(14(2)27(26-13)12-15-6-4-3-5-7-15)11-25-19-9-8-16(30(24,28)29)10-18(19)20(21,22)23/h3-10,25H,11-12H2,1-2H3,(H2,24,28,29). The van der Waals surface area contributed by atoms with E-state index in [1.165, 1.54) is 0 Å². The number of alkyl halides is 3. The topological polar surface area (TPSA) is 90.0 Å². The third-order valence-electron chi connectivity index (χ3n) is 4.79. The number of nitrogens with zero attached hydrogens (tertiary/aromatic N) is 2. The van der Waals surface area contributed by atoms with Crippen LogP contribution in [0.4, 0.5) is 18.9 Å². The maximum absolute atomic E-state index is 13.5. The Kier molecular flexibility index (Phi) is 5.91. The van der Waals surface area contributed by atoms with Crippen LogP contribution in [0, 0.1) is 13.8 Å².